The van der Waals surface area contributed by atoms with Gasteiger partial charge in [-0.05, 0) is 15.9 Å². The number of hydrogen-bond donors (Lipinski definition) is 1. The largest absolute Gasteiger partial charge is 0.365 e. The Morgan fingerprint density at radius 3 is 2.42 bits per heavy atom. The van der Waals surface area contributed by atoms with E-state index in [2.05, 4.69) is 20.9 Å². The van der Waals surface area contributed by atoms with Gasteiger partial charge in [0.15, 0.2) is 0 Å². The molecule has 1 heterocycles. The third kappa shape index (κ3) is 1.88. The smallest absolute Gasteiger partial charge is 0.266 e. The second kappa shape index (κ2) is 3.20. The molecule has 0 spiro atoms. The van der Waals surface area contributed by atoms with Crippen LogP contribution < -0.4 is 5.43 Å². The fourth-order valence-electron chi connectivity index (χ4n) is 0.620. The van der Waals surface area contributed by atoms with E-state index in [1.54, 1.807) is 0 Å². The molecule has 0 atom stereocenters. The van der Waals surface area contributed by atoms with Crippen molar-refractivity contribution in [2.75, 3.05) is 0 Å². The lowest BCUT2D eigenvalue weighted by molar-refractivity contribution is 0.608. The summed E-state index contributed by atoms with van der Waals surface area (Å²) in [5.74, 6) is 0. The van der Waals surface area contributed by atoms with E-state index >= 15 is 0 Å². The monoisotopic (exact) mass is 271 g/mol. The molecule has 1 aromatic heterocycles. The number of aromatic amines is 1. The van der Waals surface area contributed by atoms with Gasteiger partial charge in [0.05, 0.1) is 4.47 Å². The van der Waals surface area contributed by atoms with Gasteiger partial charge in [0.25, 0.3) is 9.05 Å². The number of aromatic nitrogens is 1. The molecule has 0 aromatic carbocycles. The third-order valence-corrected chi connectivity index (χ3v) is 3.04. The molecule has 0 saturated heterocycles. The zero-order valence-electron chi connectivity index (χ0n) is 5.54. The number of hydrogen-bond acceptors (Lipinski definition) is 3. The van der Waals surface area contributed by atoms with Crippen LogP contribution in [0.4, 0.5) is 0 Å². The van der Waals surface area contributed by atoms with Crippen molar-refractivity contribution in [2.24, 2.45) is 0 Å². The first-order valence-electron chi connectivity index (χ1n) is 2.74. The minimum atomic E-state index is -3.96. The van der Waals surface area contributed by atoms with Gasteiger partial charge in [-0.2, -0.15) is 0 Å². The van der Waals surface area contributed by atoms with Crippen LogP contribution in [0, 0.1) is 0 Å². The summed E-state index contributed by atoms with van der Waals surface area (Å²) in [6.45, 7) is 0. The van der Waals surface area contributed by atoms with Crippen molar-refractivity contribution < 1.29 is 8.42 Å². The zero-order chi connectivity index (χ0) is 9.35. The summed E-state index contributed by atoms with van der Waals surface area (Å²) >= 11 is 2.87. The molecule has 0 amide bonds. The molecule has 66 valence electrons. The molecular formula is C5H3BrClNO3S. The maximum absolute atomic E-state index is 11.1. The summed E-state index contributed by atoms with van der Waals surface area (Å²) < 4.78 is 21.6. The lowest BCUT2D eigenvalue weighted by Gasteiger charge is -1.94. The van der Waals surface area contributed by atoms with Crippen molar-refractivity contribution in [3.8, 4) is 0 Å². The van der Waals surface area contributed by atoms with Gasteiger partial charge < -0.3 is 4.98 Å². The molecule has 0 bridgehead atoms. The van der Waals surface area contributed by atoms with Gasteiger partial charge in [-0.1, -0.05) is 0 Å². The molecule has 0 aliphatic heterocycles. The van der Waals surface area contributed by atoms with Crippen molar-refractivity contribution in [3.63, 3.8) is 0 Å². The van der Waals surface area contributed by atoms with Crippen molar-refractivity contribution >= 4 is 35.7 Å². The van der Waals surface area contributed by atoms with Crippen LogP contribution in [0.2, 0.25) is 0 Å². The van der Waals surface area contributed by atoms with E-state index in [-0.39, 0.29) is 4.47 Å². The molecule has 0 aliphatic carbocycles. The highest BCUT2D eigenvalue weighted by Gasteiger charge is 2.15. The van der Waals surface area contributed by atoms with Crippen LogP contribution in [0.25, 0.3) is 0 Å². The van der Waals surface area contributed by atoms with E-state index in [4.69, 9.17) is 10.7 Å². The Morgan fingerprint density at radius 1 is 1.42 bits per heavy atom. The van der Waals surface area contributed by atoms with Crippen molar-refractivity contribution in [1.82, 2.24) is 4.98 Å². The summed E-state index contributed by atoms with van der Waals surface area (Å²) in [6.07, 6.45) is 2.36. The molecule has 1 N–H and O–H groups in total. The molecule has 0 aliphatic rings. The van der Waals surface area contributed by atoms with Crippen LogP contribution in [0.1, 0.15) is 0 Å². The maximum atomic E-state index is 11.1. The van der Waals surface area contributed by atoms with Crippen LogP contribution >= 0.6 is 26.6 Å². The zero-order valence-corrected chi connectivity index (χ0v) is 8.70. The Labute approximate surface area is 81.1 Å². The molecule has 7 heteroatoms. The SMILES string of the molecule is O=c1c(Br)c[nH]cc1S(=O)(=O)Cl. The quantitative estimate of drug-likeness (QED) is 0.778. The first-order chi connectivity index (χ1) is 5.43. The third-order valence-electron chi connectivity index (χ3n) is 1.13. The summed E-state index contributed by atoms with van der Waals surface area (Å²) in [5, 5.41) is 0. The van der Waals surface area contributed by atoms with Crippen LogP contribution in [-0.4, -0.2) is 13.4 Å². The van der Waals surface area contributed by atoms with Gasteiger partial charge >= 0.3 is 0 Å². The van der Waals surface area contributed by atoms with Gasteiger partial charge in [-0.3, -0.25) is 4.79 Å². The molecule has 1 aromatic rings. The van der Waals surface area contributed by atoms with E-state index in [9.17, 15) is 13.2 Å². The summed E-state index contributed by atoms with van der Waals surface area (Å²) in [5.41, 5.74) is -0.649. The lowest BCUT2D eigenvalue weighted by atomic mass is 10.5. The summed E-state index contributed by atoms with van der Waals surface area (Å²) in [7, 11) is 1.01. The fraction of sp³-hybridized carbons (Fsp3) is 0. The average molecular weight is 273 g/mol. The first kappa shape index (κ1) is 9.76. The fourth-order valence-corrected chi connectivity index (χ4v) is 1.98. The second-order valence-electron chi connectivity index (χ2n) is 1.93. The molecule has 12 heavy (non-hydrogen) atoms. The minimum Gasteiger partial charge on any atom is -0.365 e. The predicted octanol–water partition coefficient (Wildman–Crippen LogP) is 1.06. The number of halogens is 2. The number of pyridine rings is 1. The normalized spacial score (nSPS) is 11.5. The summed E-state index contributed by atoms with van der Waals surface area (Å²) in [6, 6.07) is 0. The predicted molar refractivity (Wildman–Crippen MR) is 47.8 cm³/mol. The van der Waals surface area contributed by atoms with E-state index in [0.717, 1.165) is 6.20 Å². The van der Waals surface area contributed by atoms with Gasteiger partial charge in [-0.25, -0.2) is 8.42 Å². The standard InChI is InChI=1S/C5H3BrClNO3S/c6-3-1-8-2-4(5(3)9)12(7,10)11/h1-2H,(H,8,9). The molecule has 0 saturated carbocycles. The first-order valence-corrected chi connectivity index (χ1v) is 5.84. The Kier molecular flexibility index (Phi) is 2.60. The van der Waals surface area contributed by atoms with Crippen LogP contribution in [-0.2, 0) is 9.05 Å². The maximum Gasteiger partial charge on any atom is 0.266 e. The van der Waals surface area contributed by atoms with Gasteiger partial charge in [0, 0.05) is 23.1 Å². The number of nitrogens with one attached hydrogen (secondary N) is 1. The second-order valence-corrected chi connectivity index (χ2v) is 5.32. The Bertz CT molecular complexity index is 452. The average Bonchev–Trinajstić information content (AvgIpc) is 1.92. The molecule has 0 radical (unpaired) electrons. The van der Waals surface area contributed by atoms with E-state index in [1.807, 2.05) is 0 Å². The van der Waals surface area contributed by atoms with Crippen molar-refractivity contribution in [3.05, 3.63) is 27.1 Å². The van der Waals surface area contributed by atoms with Gasteiger partial charge in [-0.15, -0.1) is 0 Å². The number of rotatable bonds is 1. The van der Waals surface area contributed by atoms with Crippen LogP contribution in [0.15, 0.2) is 26.6 Å². The van der Waals surface area contributed by atoms with Crippen molar-refractivity contribution in [2.45, 2.75) is 4.90 Å². The molecule has 4 nitrogen and oxygen atoms in total. The summed E-state index contributed by atoms with van der Waals surface area (Å²) in [4.78, 5) is 13.1. The minimum absolute atomic E-state index is 0.129. The molecular weight excluding hydrogens is 269 g/mol. The van der Waals surface area contributed by atoms with E-state index in [0.29, 0.717) is 0 Å². The van der Waals surface area contributed by atoms with E-state index in [1.165, 1.54) is 6.20 Å². The topological polar surface area (TPSA) is 67.0 Å². The van der Waals surface area contributed by atoms with Crippen molar-refractivity contribution in [1.29, 1.82) is 0 Å². The van der Waals surface area contributed by atoms with Gasteiger partial charge in [0.1, 0.15) is 4.90 Å². The molecule has 0 fully saturated rings. The lowest BCUT2D eigenvalue weighted by Crippen LogP contribution is -2.11. The molecule has 1 rings (SSSR count). The van der Waals surface area contributed by atoms with Crippen LogP contribution in [0.5, 0.6) is 0 Å². The van der Waals surface area contributed by atoms with E-state index < -0.39 is 19.4 Å². The Balaban J connectivity index is 3.59. The Hall–Kier alpha value is -0.330. The Morgan fingerprint density at radius 2 is 2.00 bits per heavy atom. The number of H-pyrrole nitrogens is 1. The van der Waals surface area contributed by atoms with Gasteiger partial charge in [0.2, 0.25) is 5.43 Å². The highest BCUT2D eigenvalue weighted by atomic mass is 79.9. The highest BCUT2D eigenvalue weighted by molar-refractivity contribution is 9.10. The van der Waals surface area contributed by atoms with Crippen LogP contribution in [0.3, 0.4) is 0 Å². The highest BCUT2D eigenvalue weighted by Crippen LogP contribution is 2.11. The molecule has 0 unspecified atom stereocenters.